The fraction of sp³-hybridized carbons (Fsp3) is 0.0769. The van der Waals surface area contributed by atoms with Crippen molar-refractivity contribution in [3.8, 4) is 16.9 Å². The van der Waals surface area contributed by atoms with Gasteiger partial charge in [-0.3, -0.25) is 4.98 Å². The minimum absolute atomic E-state index is 0.124. The number of esters is 1. The predicted molar refractivity (Wildman–Crippen MR) is 127 cm³/mol. The highest BCUT2D eigenvalue weighted by Gasteiger charge is 2.28. The van der Waals surface area contributed by atoms with Crippen molar-refractivity contribution in [2.75, 3.05) is 0 Å². The molecule has 0 aliphatic carbocycles. The van der Waals surface area contributed by atoms with Gasteiger partial charge in [0.25, 0.3) is 0 Å². The molecule has 0 saturated carbocycles. The zero-order chi connectivity index (χ0) is 22.4. The summed E-state index contributed by atoms with van der Waals surface area (Å²) in [7, 11) is 0. The third-order valence-corrected chi connectivity index (χ3v) is 7.12. The molecule has 4 heterocycles. The lowest BCUT2D eigenvalue weighted by molar-refractivity contribution is 0.0735. The van der Waals surface area contributed by atoms with Gasteiger partial charge in [0, 0.05) is 47.0 Å². The molecule has 1 aliphatic heterocycles. The van der Waals surface area contributed by atoms with Crippen LogP contribution in [0.2, 0.25) is 0 Å². The molecule has 1 unspecified atom stereocenters. The SMILES string of the molecule is O=C(Oc1ccn2c1CSC2c1cccnc1)c1c[nH]c2cc(-c3ccc(F)cc3)ccc12. The maximum atomic E-state index is 13.2. The van der Waals surface area contributed by atoms with Crippen LogP contribution in [0.3, 0.4) is 0 Å². The summed E-state index contributed by atoms with van der Waals surface area (Å²) < 4.78 is 21.2. The largest absolute Gasteiger partial charge is 0.421 e. The second-order valence-corrected chi connectivity index (χ2v) is 8.91. The van der Waals surface area contributed by atoms with Crippen molar-refractivity contribution in [1.29, 1.82) is 0 Å². The summed E-state index contributed by atoms with van der Waals surface area (Å²) in [5.74, 6) is 0.659. The number of pyridine rings is 1. The molecule has 0 spiro atoms. The number of H-pyrrole nitrogens is 1. The third-order valence-electron chi connectivity index (χ3n) is 5.86. The Balaban J connectivity index is 1.26. The fourth-order valence-electron chi connectivity index (χ4n) is 4.21. The summed E-state index contributed by atoms with van der Waals surface area (Å²) in [5, 5.41) is 0.906. The molecule has 0 bridgehead atoms. The number of benzene rings is 2. The van der Waals surface area contributed by atoms with Crippen LogP contribution in [0.15, 0.2) is 85.5 Å². The molecule has 1 atom stereocenters. The van der Waals surface area contributed by atoms with Gasteiger partial charge in [0.2, 0.25) is 0 Å². The highest BCUT2D eigenvalue weighted by Crippen LogP contribution is 2.44. The van der Waals surface area contributed by atoms with Gasteiger partial charge in [-0.15, -0.1) is 11.8 Å². The Labute approximate surface area is 193 Å². The van der Waals surface area contributed by atoms with E-state index in [1.807, 2.05) is 42.7 Å². The van der Waals surface area contributed by atoms with Crippen molar-refractivity contribution >= 4 is 28.6 Å². The van der Waals surface area contributed by atoms with Crippen LogP contribution in [0.5, 0.6) is 5.75 Å². The summed E-state index contributed by atoms with van der Waals surface area (Å²) in [6, 6.07) is 17.9. The van der Waals surface area contributed by atoms with Gasteiger partial charge < -0.3 is 14.3 Å². The van der Waals surface area contributed by atoms with Gasteiger partial charge >= 0.3 is 5.97 Å². The summed E-state index contributed by atoms with van der Waals surface area (Å²) >= 11 is 1.77. The summed E-state index contributed by atoms with van der Waals surface area (Å²) in [5.41, 5.74) is 5.24. The first-order chi connectivity index (χ1) is 16.2. The average Bonchev–Trinajstić information content (AvgIpc) is 3.55. The second kappa shape index (κ2) is 7.94. The minimum Gasteiger partial charge on any atom is -0.421 e. The molecule has 2 aromatic carbocycles. The van der Waals surface area contributed by atoms with Crippen LogP contribution in [0.1, 0.15) is 27.0 Å². The monoisotopic (exact) mass is 455 g/mol. The lowest BCUT2D eigenvalue weighted by Crippen LogP contribution is -2.09. The average molecular weight is 456 g/mol. The molecule has 0 saturated heterocycles. The number of nitrogens with zero attached hydrogens (tertiary/aromatic N) is 2. The Morgan fingerprint density at radius 2 is 1.97 bits per heavy atom. The van der Waals surface area contributed by atoms with Gasteiger partial charge in [-0.1, -0.05) is 30.3 Å². The van der Waals surface area contributed by atoms with Crippen LogP contribution in [-0.4, -0.2) is 20.5 Å². The Morgan fingerprint density at radius 1 is 1.12 bits per heavy atom. The summed E-state index contributed by atoms with van der Waals surface area (Å²) in [4.78, 5) is 20.4. The number of nitrogens with one attached hydrogen (secondary N) is 1. The first kappa shape index (κ1) is 19.8. The van der Waals surface area contributed by atoms with E-state index in [9.17, 15) is 9.18 Å². The standard InChI is InChI=1S/C26H18FN3O2S/c27-19-6-3-16(4-7-19)17-5-8-20-21(14-29-22(20)12-17)26(31)32-24-9-11-30-23(24)15-33-25(30)18-2-1-10-28-13-18/h1-14,25,29H,15H2. The van der Waals surface area contributed by atoms with Crippen LogP contribution in [0.25, 0.3) is 22.0 Å². The lowest BCUT2D eigenvalue weighted by atomic mass is 10.0. The Bertz CT molecular complexity index is 1480. The van der Waals surface area contributed by atoms with Crippen LogP contribution in [0, 0.1) is 5.82 Å². The number of halogens is 1. The Kier molecular flexibility index (Phi) is 4.77. The number of carbonyl (C=O) groups excluding carboxylic acids is 1. The number of aromatic amines is 1. The van der Waals surface area contributed by atoms with Gasteiger partial charge in [-0.2, -0.15) is 0 Å². The van der Waals surface area contributed by atoms with E-state index in [2.05, 4.69) is 20.6 Å². The van der Waals surface area contributed by atoms with E-state index in [4.69, 9.17) is 4.74 Å². The maximum absolute atomic E-state index is 13.2. The van der Waals surface area contributed by atoms with E-state index >= 15 is 0 Å². The molecule has 162 valence electrons. The van der Waals surface area contributed by atoms with Gasteiger partial charge in [-0.05, 0) is 41.5 Å². The fourth-order valence-corrected chi connectivity index (χ4v) is 5.51. The molecule has 7 heteroatoms. The van der Waals surface area contributed by atoms with Crippen molar-refractivity contribution in [2.24, 2.45) is 0 Å². The molecule has 0 radical (unpaired) electrons. The summed E-state index contributed by atoms with van der Waals surface area (Å²) in [6.07, 6.45) is 7.26. The first-order valence-corrected chi connectivity index (χ1v) is 11.5. The molecule has 0 fully saturated rings. The number of hydrogen-bond acceptors (Lipinski definition) is 4. The van der Waals surface area contributed by atoms with Gasteiger partial charge in [0.1, 0.15) is 11.2 Å². The zero-order valence-corrected chi connectivity index (χ0v) is 18.2. The van der Waals surface area contributed by atoms with E-state index in [1.165, 1.54) is 12.1 Å². The van der Waals surface area contributed by atoms with Crippen LogP contribution in [0.4, 0.5) is 4.39 Å². The van der Waals surface area contributed by atoms with Crippen LogP contribution in [-0.2, 0) is 5.75 Å². The quantitative estimate of drug-likeness (QED) is 0.329. The number of rotatable bonds is 4. The molecular formula is C26H18FN3O2S. The van der Waals surface area contributed by atoms with Crippen LogP contribution < -0.4 is 4.74 Å². The summed E-state index contributed by atoms with van der Waals surface area (Å²) in [6.45, 7) is 0. The van der Waals surface area contributed by atoms with Crippen molar-refractivity contribution in [3.05, 3.63) is 108 Å². The molecule has 33 heavy (non-hydrogen) atoms. The molecule has 1 N–H and O–H groups in total. The minimum atomic E-state index is -0.403. The Morgan fingerprint density at radius 3 is 2.79 bits per heavy atom. The normalized spacial score (nSPS) is 15.0. The van der Waals surface area contributed by atoms with E-state index in [1.54, 1.807) is 36.3 Å². The molecule has 5 nitrogen and oxygen atoms in total. The number of aromatic nitrogens is 3. The lowest BCUT2D eigenvalue weighted by Gasteiger charge is -2.11. The number of ether oxygens (including phenoxy) is 1. The number of thioether (sulfide) groups is 1. The van der Waals surface area contributed by atoms with Gasteiger partial charge in [0.05, 0.1) is 11.3 Å². The van der Waals surface area contributed by atoms with Gasteiger partial charge in [-0.25, -0.2) is 9.18 Å². The predicted octanol–water partition coefficient (Wildman–Crippen LogP) is 6.18. The highest BCUT2D eigenvalue weighted by atomic mass is 32.2. The third kappa shape index (κ3) is 3.50. The zero-order valence-electron chi connectivity index (χ0n) is 17.4. The topological polar surface area (TPSA) is 59.9 Å². The Hall–Kier alpha value is -3.84. The molecule has 0 amide bonds. The van der Waals surface area contributed by atoms with Crippen molar-refractivity contribution in [2.45, 2.75) is 11.1 Å². The van der Waals surface area contributed by atoms with Crippen molar-refractivity contribution in [3.63, 3.8) is 0 Å². The van der Waals surface area contributed by atoms with Crippen molar-refractivity contribution < 1.29 is 13.9 Å². The molecule has 3 aromatic heterocycles. The number of fused-ring (bicyclic) bond motifs is 2. The van der Waals surface area contributed by atoms with E-state index < -0.39 is 5.97 Å². The molecule has 6 rings (SSSR count). The second-order valence-electron chi connectivity index (χ2n) is 7.84. The smallest absolute Gasteiger partial charge is 0.345 e. The molecule has 1 aliphatic rings. The highest BCUT2D eigenvalue weighted by molar-refractivity contribution is 7.99. The maximum Gasteiger partial charge on any atom is 0.345 e. The number of hydrogen-bond donors (Lipinski definition) is 1. The van der Waals surface area contributed by atoms with Gasteiger partial charge in [0.15, 0.2) is 5.75 Å². The van der Waals surface area contributed by atoms with Crippen LogP contribution >= 0.6 is 11.8 Å². The number of carbonyl (C=O) groups is 1. The molecular weight excluding hydrogens is 437 g/mol. The first-order valence-electron chi connectivity index (χ1n) is 10.5. The van der Waals surface area contributed by atoms with E-state index in [-0.39, 0.29) is 11.2 Å². The molecule has 5 aromatic rings. The van der Waals surface area contributed by atoms with E-state index in [0.717, 1.165) is 39.0 Å². The van der Waals surface area contributed by atoms with Crippen molar-refractivity contribution in [1.82, 2.24) is 14.5 Å². The van der Waals surface area contributed by atoms with E-state index in [0.29, 0.717) is 11.3 Å².